The molecule has 0 saturated carbocycles. The third kappa shape index (κ3) is 1.68. The zero-order valence-corrected chi connectivity index (χ0v) is 10.1. The Morgan fingerprint density at radius 3 is 2.67 bits per heavy atom. The van der Waals surface area contributed by atoms with E-state index in [-0.39, 0.29) is 0 Å². The van der Waals surface area contributed by atoms with E-state index in [1.54, 1.807) is 0 Å². The summed E-state index contributed by atoms with van der Waals surface area (Å²) in [5.41, 5.74) is 1.49. The third-order valence-electron chi connectivity index (χ3n) is 3.13. The Labute approximate surface area is 104 Å². The molecule has 1 aromatic heterocycles. The number of hydrogen-bond donors (Lipinski definition) is 1. The first-order chi connectivity index (χ1) is 8.79. The first-order valence-electron chi connectivity index (χ1n) is 6.02. The van der Waals surface area contributed by atoms with E-state index in [2.05, 4.69) is 9.97 Å². The van der Waals surface area contributed by atoms with E-state index in [4.69, 9.17) is 0 Å². The summed E-state index contributed by atoms with van der Waals surface area (Å²) in [5.74, 6) is 0.196. The lowest BCUT2D eigenvalue weighted by atomic mass is 10.0. The van der Waals surface area contributed by atoms with Gasteiger partial charge in [0.15, 0.2) is 0 Å². The molecule has 0 amide bonds. The fraction of sp³-hybridized carbons (Fsp3) is 0.133. The number of aromatic nitrogens is 2. The van der Waals surface area contributed by atoms with E-state index in [0.717, 1.165) is 16.3 Å². The van der Waals surface area contributed by atoms with Crippen molar-refractivity contribution in [2.75, 3.05) is 0 Å². The normalized spacial score (nSPS) is 11.0. The van der Waals surface area contributed by atoms with Crippen LogP contribution >= 0.6 is 0 Å². The lowest BCUT2D eigenvalue weighted by Crippen LogP contribution is -1.84. The predicted octanol–water partition coefficient (Wildman–Crippen LogP) is 3.93. The number of aryl methyl sites for hydroxylation is 1. The minimum Gasteiger partial charge on any atom is -0.339 e. The van der Waals surface area contributed by atoms with E-state index in [9.17, 15) is 4.39 Å². The average molecular weight is 240 g/mol. The molecular formula is C15H13FN2. The van der Waals surface area contributed by atoms with Crippen LogP contribution in [0.15, 0.2) is 42.5 Å². The molecule has 0 aliphatic carbocycles. The number of nitrogens with zero attached hydrogens (tertiary/aromatic N) is 1. The lowest BCUT2D eigenvalue weighted by Gasteiger charge is -2.03. The maximum absolute atomic E-state index is 13.6. The first-order valence-corrected chi connectivity index (χ1v) is 6.02. The van der Waals surface area contributed by atoms with E-state index in [0.29, 0.717) is 17.9 Å². The fourth-order valence-electron chi connectivity index (χ4n) is 2.18. The highest BCUT2D eigenvalue weighted by Gasteiger charge is 2.11. The van der Waals surface area contributed by atoms with Gasteiger partial charge in [0.25, 0.3) is 0 Å². The molecule has 0 fully saturated rings. The van der Waals surface area contributed by atoms with Crippen molar-refractivity contribution < 1.29 is 4.39 Å². The van der Waals surface area contributed by atoms with E-state index in [1.165, 1.54) is 0 Å². The summed E-state index contributed by atoms with van der Waals surface area (Å²) >= 11 is 0. The van der Waals surface area contributed by atoms with Gasteiger partial charge in [0.2, 0.25) is 5.95 Å². The highest BCUT2D eigenvalue weighted by molar-refractivity contribution is 5.95. The van der Waals surface area contributed by atoms with Gasteiger partial charge in [-0.2, -0.15) is 4.39 Å². The van der Waals surface area contributed by atoms with Crippen molar-refractivity contribution in [1.29, 1.82) is 0 Å². The van der Waals surface area contributed by atoms with E-state index < -0.39 is 5.95 Å². The molecule has 18 heavy (non-hydrogen) atoms. The van der Waals surface area contributed by atoms with Gasteiger partial charge in [0.1, 0.15) is 5.82 Å². The maximum Gasteiger partial charge on any atom is 0.234 e. The van der Waals surface area contributed by atoms with Crippen molar-refractivity contribution in [3.8, 4) is 11.4 Å². The second-order valence-corrected chi connectivity index (χ2v) is 4.24. The number of fused-ring (bicyclic) bond motifs is 1. The first kappa shape index (κ1) is 11.0. The molecule has 90 valence electrons. The molecule has 0 radical (unpaired) electrons. The van der Waals surface area contributed by atoms with Crippen LogP contribution in [0.5, 0.6) is 0 Å². The molecule has 0 atom stereocenters. The summed E-state index contributed by atoms with van der Waals surface area (Å²) in [4.78, 5) is 7.03. The predicted molar refractivity (Wildman–Crippen MR) is 70.9 cm³/mol. The van der Waals surface area contributed by atoms with Crippen molar-refractivity contribution in [1.82, 2.24) is 9.97 Å². The summed E-state index contributed by atoms with van der Waals surface area (Å²) in [6, 6.07) is 14.0. The Hall–Kier alpha value is -2.16. The molecule has 0 aliphatic heterocycles. The highest BCUT2D eigenvalue weighted by atomic mass is 19.1. The quantitative estimate of drug-likeness (QED) is 0.722. The number of benzene rings is 2. The Bertz CT molecular complexity index is 695. The van der Waals surface area contributed by atoms with Crippen molar-refractivity contribution in [2.24, 2.45) is 0 Å². The van der Waals surface area contributed by atoms with Crippen LogP contribution in [0.1, 0.15) is 12.6 Å². The number of imidazole rings is 1. The van der Waals surface area contributed by atoms with Gasteiger partial charge in [-0.15, -0.1) is 0 Å². The van der Waals surface area contributed by atoms with Gasteiger partial charge in [0.05, 0.1) is 5.69 Å². The largest absolute Gasteiger partial charge is 0.339 e. The lowest BCUT2D eigenvalue weighted by molar-refractivity contribution is 0.576. The van der Waals surface area contributed by atoms with Gasteiger partial charge >= 0.3 is 0 Å². The molecule has 0 saturated heterocycles. The molecule has 0 aliphatic rings. The Kier molecular flexibility index (Phi) is 2.59. The number of halogens is 1. The molecule has 0 bridgehead atoms. The summed E-state index contributed by atoms with van der Waals surface area (Å²) in [5, 5.41) is 2.21. The summed E-state index contributed by atoms with van der Waals surface area (Å²) in [6.45, 7) is 1.91. The van der Waals surface area contributed by atoms with Gasteiger partial charge in [0, 0.05) is 5.56 Å². The fourth-order valence-corrected chi connectivity index (χ4v) is 2.18. The monoisotopic (exact) mass is 240 g/mol. The maximum atomic E-state index is 13.6. The van der Waals surface area contributed by atoms with Crippen molar-refractivity contribution in [3.63, 3.8) is 0 Å². The van der Waals surface area contributed by atoms with E-state index >= 15 is 0 Å². The van der Waals surface area contributed by atoms with Gasteiger partial charge in [-0.25, -0.2) is 4.98 Å². The minimum absolute atomic E-state index is 0.402. The number of H-pyrrole nitrogens is 1. The smallest absolute Gasteiger partial charge is 0.234 e. The zero-order valence-electron chi connectivity index (χ0n) is 10.1. The molecule has 3 aromatic rings. The Morgan fingerprint density at radius 1 is 1.11 bits per heavy atom. The van der Waals surface area contributed by atoms with Gasteiger partial charge < -0.3 is 4.98 Å². The van der Waals surface area contributed by atoms with E-state index in [1.807, 2.05) is 49.4 Å². The Balaban J connectivity index is 2.24. The summed E-state index contributed by atoms with van der Waals surface area (Å²) < 4.78 is 13.6. The highest BCUT2D eigenvalue weighted by Crippen LogP contribution is 2.27. The molecule has 0 unspecified atom stereocenters. The number of rotatable bonds is 2. The molecule has 3 heteroatoms. The molecule has 1 heterocycles. The minimum atomic E-state index is -0.402. The van der Waals surface area contributed by atoms with Crippen LogP contribution in [-0.2, 0) is 6.42 Å². The van der Waals surface area contributed by atoms with Gasteiger partial charge in [-0.1, -0.05) is 49.4 Å². The van der Waals surface area contributed by atoms with Crippen LogP contribution in [0.2, 0.25) is 0 Å². The number of hydrogen-bond acceptors (Lipinski definition) is 1. The van der Waals surface area contributed by atoms with Crippen molar-refractivity contribution >= 4 is 10.8 Å². The molecule has 3 rings (SSSR count). The van der Waals surface area contributed by atoms with Crippen LogP contribution in [0.4, 0.5) is 4.39 Å². The molecule has 1 N–H and O–H groups in total. The number of nitrogens with one attached hydrogen (secondary N) is 1. The summed E-state index contributed by atoms with van der Waals surface area (Å²) in [6.07, 6.45) is 0.615. The molecule has 2 aromatic carbocycles. The van der Waals surface area contributed by atoms with Crippen LogP contribution in [0.3, 0.4) is 0 Å². The van der Waals surface area contributed by atoms with Crippen molar-refractivity contribution in [3.05, 3.63) is 54.1 Å². The molecule has 0 spiro atoms. The van der Waals surface area contributed by atoms with Crippen LogP contribution in [0.25, 0.3) is 22.2 Å². The van der Waals surface area contributed by atoms with Gasteiger partial charge in [-0.3, -0.25) is 0 Å². The second kappa shape index (κ2) is 4.26. The average Bonchev–Trinajstić information content (AvgIpc) is 2.79. The second-order valence-electron chi connectivity index (χ2n) is 4.24. The standard InChI is InChI=1S/C15H13FN2/c1-2-13-14(16)18-15(17-13)12-9-5-7-10-6-3-4-8-11(10)12/h3-9H,2H2,1H3,(H,17,18). The topological polar surface area (TPSA) is 28.7 Å². The van der Waals surface area contributed by atoms with Gasteiger partial charge in [-0.05, 0) is 17.2 Å². The third-order valence-corrected chi connectivity index (χ3v) is 3.13. The SMILES string of the molecule is CCc1[nH]c(-c2cccc3ccccc23)nc1F. The molecule has 2 nitrogen and oxygen atoms in total. The zero-order chi connectivity index (χ0) is 12.5. The van der Waals surface area contributed by atoms with Crippen LogP contribution in [0, 0.1) is 5.95 Å². The number of aromatic amines is 1. The van der Waals surface area contributed by atoms with Crippen molar-refractivity contribution in [2.45, 2.75) is 13.3 Å². The Morgan fingerprint density at radius 2 is 1.89 bits per heavy atom. The van der Waals surface area contributed by atoms with Crippen LogP contribution in [-0.4, -0.2) is 9.97 Å². The molecular weight excluding hydrogens is 227 g/mol. The summed E-state index contributed by atoms with van der Waals surface area (Å²) in [7, 11) is 0. The van der Waals surface area contributed by atoms with Crippen LogP contribution < -0.4 is 0 Å².